The van der Waals surface area contributed by atoms with E-state index in [-0.39, 0.29) is 11.6 Å². The molecule has 4 nitrogen and oxygen atoms in total. The van der Waals surface area contributed by atoms with Crippen LogP contribution in [-0.4, -0.2) is 32.4 Å². The zero-order valence-corrected chi connectivity index (χ0v) is 15.7. The van der Waals surface area contributed by atoms with E-state index in [0.717, 1.165) is 24.0 Å². The zero-order chi connectivity index (χ0) is 18.6. The molecule has 1 fully saturated rings. The van der Waals surface area contributed by atoms with E-state index in [1.165, 1.54) is 12.1 Å². The largest absolute Gasteiger partial charge is 0.493 e. The van der Waals surface area contributed by atoms with Gasteiger partial charge in [-0.25, -0.2) is 17.1 Å². The van der Waals surface area contributed by atoms with Gasteiger partial charge in [-0.1, -0.05) is 29.8 Å². The van der Waals surface area contributed by atoms with Crippen LogP contribution in [0.1, 0.15) is 24.0 Å². The van der Waals surface area contributed by atoms with Crippen molar-refractivity contribution in [3.63, 3.8) is 0 Å². The van der Waals surface area contributed by atoms with Gasteiger partial charge in [0.15, 0.2) is 0 Å². The molecular formula is C20H24FNO3S. The molecule has 0 aromatic heterocycles. The first-order valence-corrected chi connectivity index (χ1v) is 10.4. The average Bonchev–Trinajstić information content (AvgIpc) is 2.61. The van der Waals surface area contributed by atoms with Crippen molar-refractivity contribution < 1.29 is 17.5 Å². The summed E-state index contributed by atoms with van der Waals surface area (Å²) < 4.78 is 45.5. The average molecular weight is 377 g/mol. The molecule has 0 bridgehead atoms. The SMILES string of the molecule is Cc1cccc(CS(=O)(=O)N2CCC(COc3ccc(F)cc3)CC2)c1. The molecule has 0 atom stereocenters. The third-order valence-electron chi connectivity index (χ3n) is 4.70. The van der Waals surface area contributed by atoms with Crippen LogP contribution in [0.4, 0.5) is 4.39 Å². The summed E-state index contributed by atoms with van der Waals surface area (Å²) in [6.07, 6.45) is 1.54. The zero-order valence-electron chi connectivity index (χ0n) is 14.9. The minimum absolute atomic E-state index is 0.0470. The summed E-state index contributed by atoms with van der Waals surface area (Å²) in [5, 5.41) is 0. The highest BCUT2D eigenvalue weighted by atomic mass is 32.2. The van der Waals surface area contributed by atoms with Gasteiger partial charge < -0.3 is 4.74 Å². The van der Waals surface area contributed by atoms with Crippen LogP contribution in [0.15, 0.2) is 48.5 Å². The monoisotopic (exact) mass is 377 g/mol. The lowest BCUT2D eigenvalue weighted by atomic mass is 9.99. The van der Waals surface area contributed by atoms with Gasteiger partial charge in [-0.2, -0.15) is 0 Å². The topological polar surface area (TPSA) is 46.6 Å². The van der Waals surface area contributed by atoms with Crippen LogP contribution in [0.2, 0.25) is 0 Å². The smallest absolute Gasteiger partial charge is 0.218 e. The second-order valence-corrected chi connectivity index (χ2v) is 8.82. The lowest BCUT2D eigenvalue weighted by Crippen LogP contribution is -2.40. The molecule has 1 aliphatic heterocycles. The molecule has 1 heterocycles. The molecular weight excluding hydrogens is 353 g/mol. The molecule has 3 rings (SSSR count). The van der Waals surface area contributed by atoms with Crippen molar-refractivity contribution in [3.8, 4) is 5.75 Å². The lowest BCUT2D eigenvalue weighted by molar-refractivity contribution is 0.185. The molecule has 2 aromatic carbocycles. The first-order valence-electron chi connectivity index (χ1n) is 8.84. The summed E-state index contributed by atoms with van der Waals surface area (Å²) >= 11 is 0. The minimum Gasteiger partial charge on any atom is -0.493 e. The summed E-state index contributed by atoms with van der Waals surface area (Å²) in [6, 6.07) is 13.6. The third-order valence-corrected chi connectivity index (χ3v) is 6.55. The number of ether oxygens (including phenoxy) is 1. The van der Waals surface area contributed by atoms with E-state index in [1.54, 1.807) is 16.4 Å². The fourth-order valence-corrected chi connectivity index (χ4v) is 4.75. The summed E-state index contributed by atoms with van der Waals surface area (Å²) in [7, 11) is -3.30. The predicted octanol–water partition coefficient (Wildman–Crippen LogP) is 3.75. The Labute approximate surface area is 154 Å². The van der Waals surface area contributed by atoms with Crippen LogP contribution in [-0.2, 0) is 15.8 Å². The van der Waals surface area contributed by atoms with E-state index in [9.17, 15) is 12.8 Å². The number of nitrogens with zero attached hydrogens (tertiary/aromatic N) is 1. The van der Waals surface area contributed by atoms with Gasteiger partial charge in [-0.3, -0.25) is 0 Å². The Morgan fingerprint density at radius 3 is 2.46 bits per heavy atom. The van der Waals surface area contributed by atoms with E-state index in [0.29, 0.717) is 31.4 Å². The Kier molecular flexibility index (Phi) is 5.94. The van der Waals surface area contributed by atoms with Crippen molar-refractivity contribution in [1.29, 1.82) is 0 Å². The molecule has 6 heteroatoms. The van der Waals surface area contributed by atoms with Gasteiger partial charge in [-0.15, -0.1) is 0 Å². The van der Waals surface area contributed by atoms with Crippen molar-refractivity contribution in [3.05, 3.63) is 65.5 Å². The molecule has 0 N–H and O–H groups in total. The molecule has 26 heavy (non-hydrogen) atoms. The van der Waals surface area contributed by atoms with E-state index in [4.69, 9.17) is 4.74 Å². The summed E-state index contributed by atoms with van der Waals surface area (Å²) in [6.45, 7) is 3.53. The predicted molar refractivity (Wildman–Crippen MR) is 100.0 cm³/mol. The van der Waals surface area contributed by atoms with Crippen molar-refractivity contribution in [2.24, 2.45) is 5.92 Å². The number of hydrogen-bond donors (Lipinski definition) is 0. The Morgan fingerprint density at radius 1 is 1.12 bits per heavy atom. The highest BCUT2D eigenvalue weighted by Crippen LogP contribution is 2.23. The fraction of sp³-hybridized carbons (Fsp3) is 0.400. The lowest BCUT2D eigenvalue weighted by Gasteiger charge is -2.31. The van der Waals surface area contributed by atoms with Crippen LogP contribution in [0.5, 0.6) is 5.75 Å². The van der Waals surface area contributed by atoms with Gasteiger partial charge >= 0.3 is 0 Å². The second-order valence-electron chi connectivity index (χ2n) is 6.85. The van der Waals surface area contributed by atoms with Gasteiger partial charge in [0.1, 0.15) is 11.6 Å². The number of benzene rings is 2. The fourth-order valence-electron chi connectivity index (χ4n) is 3.20. The number of piperidine rings is 1. The van der Waals surface area contributed by atoms with Crippen LogP contribution in [0, 0.1) is 18.7 Å². The van der Waals surface area contributed by atoms with E-state index < -0.39 is 10.0 Å². The minimum atomic E-state index is -3.30. The first kappa shape index (κ1) is 18.9. The Balaban J connectivity index is 1.50. The number of aryl methyl sites for hydroxylation is 1. The number of sulfonamides is 1. The van der Waals surface area contributed by atoms with E-state index in [2.05, 4.69) is 0 Å². The second kappa shape index (κ2) is 8.18. The number of hydrogen-bond acceptors (Lipinski definition) is 3. The van der Waals surface area contributed by atoms with Crippen LogP contribution >= 0.6 is 0 Å². The quantitative estimate of drug-likeness (QED) is 0.770. The number of halogens is 1. The molecule has 0 saturated carbocycles. The molecule has 0 unspecified atom stereocenters. The Hall–Kier alpha value is -1.92. The highest BCUT2D eigenvalue weighted by molar-refractivity contribution is 7.88. The molecule has 0 aliphatic carbocycles. The van der Waals surface area contributed by atoms with Gasteiger partial charge in [0, 0.05) is 13.1 Å². The van der Waals surface area contributed by atoms with Gasteiger partial charge in [0.05, 0.1) is 12.4 Å². The van der Waals surface area contributed by atoms with Crippen LogP contribution in [0.3, 0.4) is 0 Å². The standard InChI is InChI=1S/C20H24FNO3S/c1-16-3-2-4-18(13-16)15-26(23,24)22-11-9-17(10-12-22)14-25-20-7-5-19(21)6-8-20/h2-8,13,17H,9-12,14-15H2,1H3. The molecule has 0 spiro atoms. The third kappa shape index (κ3) is 5.05. The van der Waals surface area contributed by atoms with Gasteiger partial charge in [0.2, 0.25) is 10.0 Å². The Bertz CT molecular complexity index is 828. The normalized spacial score (nSPS) is 16.5. The molecule has 140 valence electrons. The molecule has 2 aromatic rings. The van der Waals surface area contributed by atoms with Crippen molar-refractivity contribution in [2.45, 2.75) is 25.5 Å². The summed E-state index contributed by atoms with van der Waals surface area (Å²) in [4.78, 5) is 0. The molecule has 0 radical (unpaired) electrons. The summed E-state index contributed by atoms with van der Waals surface area (Å²) in [5.74, 6) is 0.710. The van der Waals surface area contributed by atoms with Crippen molar-refractivity contribution in [1.82, 2.24) is 4.31 Å². The van der Waals surface area contributed by atoms with Crippen LogP contribution in [0.25, 0.3) is 0 Å². The van der Waals surface area contributed by atoms with Crippen molar-refractivity contribution in [2.75, 3.05) is 19.7 Å². The number of rotatable bonds is 6. The Morgan fingerprint density at radius 2 is 1.81 bits per heavy atom. The molecule has 1 saturated heterocycles. The van der Waals surface area contributed by atoms with E-state index >= 15 is 0 Å². The van der Waals surface area contributed by atoms with Gasteiger partial charge in [0.25, 0.3) is 0 Å². The maximum atomic E-state index is 12.9. The highest BCUT2D eigenvalue weighted by Gasteiger charge is 2.28. The van der Waals surface area contributed by atoms with Crippen molar-refractivity contribution >= 4 is 10.0 Å². The summed E-state index contributed by atoms with van der Waals surface area (Å²) in [5.41, 5.74) is 1.89. The van der Waals surface area contributed by atoms with E-state index in [1.807, 2.05) is 31.2 Å². The maximum absolute atomic E-state index is 12.9. The molecule has 1 aliphatic rings. The van der Waals surface area contributed by atoms with Crippen LogP contribution < -0.4 is 4.74 Å². The van der Waals surface area contributed by atoms with Gasteiger partial charge in [-0.05, 0) is 55.5 Å². The molecule has 0 amide bonds. The first-order chi connectivity index (χ1) is 12.4. The maximum Gasteiger partial charge on any atom is 0.218 e.